The van der Waals surface area contributed by atoms with E-state index in [1.807, 2.05) is 31.2 Å². The molecule has 1 aliphatic heterocycles. The van der Waals surface area contributed by atoms with E-state index in [2.05, 4.69) is 16.8 Å². The van der Waals surface area contributed by atoms with Crippen LogP contribution < -0.4 is 9.47 Å². The molecule has 1 unspecified atom stereocenters. The Kier molecular flexibility index (Phi) is 9.40. The van der Waals surface area contributed by atoms with Crippen LogP contribution in [-0.2, 0) is 28.7 Å². The molecule has 1 aliphatic rings. The fourth-order valence-electron chi connectivity index (χ4n) is 5.04. The molecule has 4 rings (SSSR count). The van der Waals surface area contributed by atoms with Gasteiger partial charge in [0.15, 0.2) is 0 Å². The van der Waals surface area contributed by atoms with Crippen molar-refractivity contribution < 1.29 is 36.6 Å². The third-order valence-corrected chi connectivity index (χ3v) is 7.28. The molecular formula is C30H35F3N2O5. The number of rotatable bonds is 11. The first-order valence-electron chi connectivity index (χ1n) is 13.5. The Morgan fingerprint density at radius 1 is 1.10 bits per heavy atom. The summed E-state index contributed by atoms with van der Waals surface area (Å²) < 4.78 is 60.7. The molecule has 0 aliphatic carbocycles. The molecule has 0 bridgehead atoms. The second-order valence-electron chi connectivity index (χ2n) is 9.94. The van der Waals surface area contributed by atoms with E-state index in [1.54, 1.807) is 0 Å². The van der Waals surface area contributed by atoms with Gasteiger partial charge in [0, 0.05) is 25.1 Å². The lowest BCUT2D eigenvalue weighted by Gasteiger charge is -2.40. The number of ether oxygens (including phenoxy) is 3. The minimum absolute atomic E-state index is 0.0961. The molecule has 0 N–H and O–H groups in total. The van der Waals surface area contributed by atoms with Crippen molar-refractivity contribution in [3.63, 3.8) is 0 Å². The number of likely N-dealkylation sites (tertiary alicyclic amines) is 1. The number of aromatic nitrogens is 1. The molecule has 0 radical (unpaired) electrons. The van der Waals surface area contributed by atoms with Crippen molar-refractivity contribution in [3.8, 4) is 23.1 Å². The van der Waals surface area contributed by atoms with Crippen LogP contribution in [0.2, 0.25) is 0 Å². The van der Waals surface area contributed by atoms with Gasteiger partial charge in [0.25, 0.3) is 0 Å². The lowest BCUT2D eigenvalue weighted by Crippen LogP contribution is -2.47. The summed E-state index contributed by atoms with van der Waals surface area (Å²) >= 11 is 0. The van der Waals surface area contributed by atoms with Crippen molar-refractivity contribution in [1.29, 1.82) is 0 Å². The zero-order valence-electron chi connectivity index (χ0n) is 23.1. The summed E-state index contributed by atoms with van der Waals surface area (Å²) in [6.45, 7) is 6.96. The molecule has 216 valence electrons. The Labute approximate surface area is 232 Å². The Hall–Kier alpha value is -3.53. The van der Waals surface area contributed by atoms with E-state index in [0.717, 1.165) is 50.0 Å². The van der Waals surface area contributed by atoms with Crippen LogP contribution in [-0.4, -0.2) is 49.3 Å². The second kappa shape index (κ2) is 12.8. The predicted octanol–water partition coefficient (Wildman–Crippen LogP) is 6.55. The minimum Gasteiger partial charge on any atom is -0.493 e. The van der Waals surface area contributed by atoms with E-state index < -0.39 is 17.2 Å². The van der Waals surface area contributed by atoms with Crippen molar-refractivity contribution in [2.75, 3.05) is 33.4 Å². The first kappa shape index (κ1) is 29.5. The molecular weight excluding hydrogens is 525 g/mol. The molecule has 1 aromatic heterocycles. The Morgan fingerprint density at radius 2 is 1.82 bits per heavy atom. The summed E-state index contributed by atoms with van der Waals surface area (Å²) in [4.78, 5) is 19.3. The van der Waals surface area contributed by atoms with Gasteiger partial charge in [-0.05, 0) is 74.7 Å². The third kappa shape index (κ3) is 6.96. The minimum atomic E-state index is -4.41. The van der Waals surface area contributed by atoms with Crippen LogP contribution >= 0.6 is 0 Å². The highest BCUT2D eigenvalue weighted by molar-refractivity contribution is 5.77. The summed E-state index contributed by atoms with van der Waals surface area (Å²) in [5.41, 5.74) is 0.881. The SMILES string of the molecule is CCOC(=O)C1(CC)CCCN(Cc2ccc(OCCc3nc(-c4ccc(C(F)(F)F)cc4)oc3OC)cc2)C1. The van der Waals surface area contributed by atoms with Crippen LogP contribution in [0.25, 0.3) is 11.5 Å². The summed E-state index contributed by atoms with van der Waals surface area (Å²) in [6, 6.07) is 12.5. The quantitative estimate of drug-likeness (QED) is 0.246. The van der Waals surface area contributed by atoms with E-state index in [4.69, 9.17) is 18.6 Å². The van der Waals surface area contributed by atoms with Crippen molar-refractivity contribution in [2.45, 2.75) is 52.3 Å². The summed E-state index contributed by atoms with van der Waals surface area (Å²) in [5, 5.41) is 0. The van der Waals surface area contributed by atoms with Crippen molar-refractivity contribution >= 4 is 5.97 Å². The molecule has 0 spiro atoms. The molecule has 10 heteroatoms. The number of carbonyl (C=O) groups is 1. The van der Waals surface area contributed by atoms with Gasteiger partial charge in [-0.15, -0.1) is 0 Å². The Balaban J connectivity index is 1.31. The third-order valence-electron chi connectivity index (χ3n) is 7.28. The fraction of sp³-hybridized carbons (Fsp3) is 0.467. The van der Waals surface area contributed by atoms with Gasteiger partial charge < -0.3 is 18.6 Å². The molecule has 1 fully saturated rings. The number of piperidine rings is 1. The number of oxazole rings is 1. The smallest absolute Gasteiger partial charge is 0.416 e. The molecule has 0 saturated carbocycles. The average molecular weight is 561 g/mol. The normalized spacial score (nSPS) is 17.9. The van der Waals surface area contributed by atoms with Gasteiger partial charge in [-0.3, -0.25) is 9.69 Å². The number of carbonyl (C=O) groups excluding carboxylic acids is 1. The van der Waals surface area contributed by atoms with Crippen molar-refractivity contribution in [1.82, 2.24) is 9.88 Å². The fourth-order valence-corrected chi connectivity index (χ4v) is 5.04. The average Bonchev–Trinajstić information content (AvgIpc) is 3.37. The summed E-state index contributed by atoms with van der Waals surface area (Å²) in [7, 11) is 1.44. The first-order chi connectivity index (χ1) is 19.2. The van der Waals surface area contributed by atoms with E-state index in [9.17, 15) is 18.0 Å². The lowest BCUT2D eigenvalue weighted by molar-refractivity contribution is -0.159. The monoisotopic (exact) mass is 560 g/mol. The topological polar surface area (TPSA) is 74.0 Å². The van der Waals surface area contributed by atoms with Crippen LogP contribution in [0.3, 0.4) is 0 Å². The number of alkyl halides is 3. The zero-order chi connectivity index (χ0) is 28.8. The standard InChI is InChI=1S/C30H35F3N2O5/c1-4-29(28(36)38-5-2)16-6-17-35(20-29)19-21-7-13-24(14-8-21)39-18-15-25-27(37-3)40-26(34-25)22-9-11-23(12-10-22)30(31,32)33/h7-14H,4-6,15-20H2,1-3H3. The first-order valence-corrected chi connectivity index (χ1v) is 13.5. The molecule has 40 heavy (non-hydrogen) atoms. The number of nitrogens with zero attached hydrogens (tertiary/aromatic N) is 2. The molecule has 3 aromatic rings. The van der Waals surface area contributed by atoms with E-state index in [0.29, 0.717) is 43.2 Å². The van der Waals surface area contributed by atoms with Crippen molar-refractivity contribution in [3.05, 3.63) is 65.4 Å². The maximum Gasteiger partial charge on any atom is 0.416 e. The Bertz CT molecular complexity index is 1260. The highest BCUT2D eigenvalue weighted by Crippen LogP contribution is 2.36. The number of hydrogen-bond acceptors (Lipinski definition) is 7. The van der Waals surface area contributed by atoms with E-state index in [1.165, 1.54) is 19.2 Å². The predicted molar refractivity (Wildman–Crippen MR) is 143 cm³/mol. The maximum atomic E-state index is 12.9. The highest BCUT2D eigenvalue weighted by Gasteiger charge is 2.41. The van der Waals surface area contributed by atoms with Crippen molar-refractivity contribution in [2.24, 2.45) is 5.41 Å². The largest absolute Gasteiger partial charge is 0.493 e. The van der Waals surface area contributed by atoms with Crippen LogP contribution in [0.4, 0.5) is 13.2 Å². The van der Waals surface area contributed by atoms with Gasteiger partial charge in [-0.25, -0.2) is 4.98 Å². The molecule has 1 atom stereocenters. The number of hydrogen-bond donors (Lipinski definition) is 0. The molecule has 7 nitrogen and oxygen atoms in total. The lowest BCUT2D eigenvalue weighted by atomic mass is 9.77. The molecule has 2 heterocycles. The molecule has 1 saturated heterocycles. The Morgan fingerprint density at radius 3 is 2.45 bits per heavy atom. The highest BCUT2D eigenvalue weighted by atomic mass is 19.4. The summed E-state index contributed by atoms with van der Waals surface area (Å²) in [5.74, 6) is 0.974. The molecule has 2 aromatic carbocycles. The summed E-state index contributed by atoms with van der Waals surface area (Å²) in [6.07, 6.45) is -1.45. The van der Waals surface area contributed by atoms with Gasteiger partial charge in [-0.1, -0.05) is 19.1 Å². The van der Waals surface area contributed by atoms with E-state index in [-0.39, 0.29) is 17.8 Å². The number of esters is 1. The maximum absolute atomic E-state index is 12.9. The van der Waals surface area contributed by atoms with Gasteiger partial charge >= 0.3 is 18.1 Å². The van der Waals surface area contributed by atoms with Crippen LogP contribution in [0, 0.1) is 5.41 Å². The van der Waals surface area contributed by atoms with Crippen LogP contribution in [0.5, 0.6) is 11.7 Å². The number of halogens is 3. The van der Waals surface area contributed by atoms with E-state index >= 15 is 0 Å². The van der Waals surface area contributed by atoms with Gasteiger partial charge in [-0.2, -0.15) is 13.2 Å². The second-order valence-corrected chi connectivity index (χ2v) is 9.94. The van der Waals surface area contributed by atoms with Gasteiger partial charge in [0.2, 0.25) is 5.89 Å². The van der Waals surface area contributed by atoms with Gasteiger partial charge in [0.05, 0.1) is 31.3 Å². The van der Waals surface area contributed by atoms with Crippen LogP contribution in [0.1, 0.15) is 49.9 Å². The zero-order valence-corrected chi connectivity index (χ0v) is 23.1. The van der Waals surface area contributed by atoms with Crippen LogP contribution in [0.15, 0.2) is 52.9 Å². The molecule has 0 amide bonds. The number of benzene rings is 2. The number of methoxy groups -OCH3 is 1. The van der Waals surface area contributed by atoms with Gasteiger partial charge in [0.1, 0.15) is 11.4 Å².